The molecule has 2 heterocycles. The Morgan fingerprint density at radius 3 is 2.43 bits per heavy atom. The molecule has 3 rings (SSSR count). The van der Waals surface area contributed by atoms with Crippen LogP contribution in [-0.2, 0) is 0 Å². The number of hydrogen-bond acceptors (Lipinski definition) is 3. The van der Waals surface area contributed by atoms with Gasteiger partial charge in [0.05, 0.1) is 11.4 Å². The van der Waals surface area contributed by atoms with E-state index in [1.165, 1.54) is 16.8 Å². The number of para-hydroxylation sites is 2. The van der Waals surface area contributed by atoms with E-state index in [4.69, 9.17) is 0 Å². The van der Waals surface area contributed by atoms with Gasteiger partial charge in [0.15, 0.2) is 0 Å². The molecule has 0 spiro atoms. The molecule has 186 valence electrons. The molecule has 2 aliphatic heterocycles. The van der Waals surface area contributed by atoms with Crippen molar-refractivity contribution in [3.63, 3.8) is 0 Å². The number of rotatable bonds is 10. The molecule has 3 nitrogen and oxygen atoms in total. The molecule has 35 heavy (non-hydrogen) atoms. The molecule has 0 aliphatic carbocycles. The fourth-order valence-electron chi connectivity index (χ4n) is 5.16. The molecule has 1 saturated heterocycles. The summed E-state index contributed by atoms with van der Waals surface area (Å²) in [5.74, 6) is 0.990. The van der Waals surface area contributed by atoms with Crippen LogP contribution in [0.2, 0.25) is 0 Å². The number of nitrogens with one attached hydrogen (secondary N) is 1. The summed E-state index contributed by atoms with van der Waals surface area (Å²) in [6, 6.07) is 9.63. The molecule has 1 aromatic rings. The molecule has 5 unspecified atom stereocenters. The SMILES string of the molecule is C=C/C=C\C(C)N1c2ccccc2NC1/C(C=C)=C/C(=CC1C(C)C(/C=C\C=C/C)N1C)C(C)C. The maximum Gasteiger partial charge on any atom is 0.126 e. The first-order chi connectivity index (χ1) is 16.8. The van der Waals surface area contributed by atoms with Crippen LogP contribution in [0.5, 0.6) is 0 Å². The van der Waals surface area contributed by atoms with Crippen LogP contribution in [0.4, 0.5) is 11.4 Å². The second-order valence-corrected chi connectivity index (χ2v) is 9.92. The van der Waals surface area contributed by atoms with E-state index in [2.05, 4.69) is 137 Å². The molecule has 0 amide bonds. The van der Waals surface area contributed by atoms with Gasteiger partial charge in [-0.3, -0.25) is 4.90 Å². The minimum absolute atomic E-state index is 0.0181. The predicted octanol–water partition coefficient (Wildman–Crippen LogP) is 7.52. The highest BCUT2D eigenvalue weighted by Gasteiger charge is 2.40. The zero-order valence-electron chi connectivity index (χ0n) is 22.4. The number of likely N-dealkylation sites (N-methyl/N-ethyl adjacent to an activating group) is 1. The smallest absolute Gasteiger partial charge is 0.126 e. The maximum absolute atomic E-state index is 4.21. The van der Waals surface area contributed by atoms with E-state index in [-0.39, 0.29) is 12.2 Å². The van der Waals surface area contributed by atoms with Gasteiger partial charge in [0.2, 0.25) is 0 Å². The lowest BCUT2D eigenvalue weighted by Crippen LogP contribution is -2.59. The lowest BCUT2D eigenvalue weighted by atomic mass is 9.79. The van der Waals surface area contributed by atoms with Gasteiger partial charge in [-0.05, 0) is 56.0 Å². The normalized spacial score (nSPS) is 26.4. The average molecular weight is 470 g/mol. The van der Waals surface area contributed by atoms with Crippen molar-refractivity contribution in [1.29, 1.82) is 0 Å². The summed E-state index contributed by atoms with van der Waals surface area (Å²) in [6.45, 7) is 19.2. The van der Waals surface area contributed by atoms with Crippen molar-refractivity contribution < 1.29 is 0 Å². The lowest BCUT2D eigenvalue weighted by molar-refractivity contribution is 0.0352. The summed E-state index contributed by atoms with van der Waals surface area (Å²) in [6.07, 6.45) is 21.5. The van der Waals surface area contributed by atoms with Crippen molar-refractivity contribution in [1.82, 2.24) is 4.90 Å². The first kappa shape index (κ1) is 26.6. The van der Waals surface area contributed by atoms with E-state index >= 15 is 0 Å². The van der Waals surface area contributed by atoms with Gasteiger partial charge in [-0.15, -0.1) is 0 Å². The zero-order chi connectivity index (χ0) is 25.5. The van der Waals surface area contributed by atoms with Crippen molar-refractivity contribution in [2.45, 2.75) is 58.9 Å². The van der Waals surface area contributed by atoms with Crippen molar-refractivity contribution in [2.75, 3.05) is 17.3 Å². The number of likely N-dealkylation sites (tertiary alicyclic amines) is 1. The predicted molar refractivity (Wildman–Crippen MR) is 155 cm³/mol. The van der Waals surface area contributed by atoms with E-state index in [0.717, 1.165) is 5.69 Å². The second kappa shape index (κ2) is 12.1. The minimum Gasteiger partial charge on any atom is -0.360 e. The van der Waals surface area contributed by atoms with Gasteiger partial charge in [0, 0.05) is 18.1 Å². The maximum atomic E-state index is 4.21. The average Bonchev–Trinajstić information content (AvgIpc) is 3.24. The number of allylic oxidation sites excluding steroid dienone is 7. The van der Waals surface area contributed by atoms with Crippen LogP contribution >= 0.6 is 0 Å². The van der Waals surface area contributed by atoms with Gasteiger partial charge >= 0.3 is 0 Å². The molecule has 0 radical (unpaired) electrons. The third kappa shape index (κ3) is 5.79. The topological polar surface area (TPSA) is 18.5 Å². The Balaban J connectivity index is 1.93. The molecule has 3 heteroatoms. The van der Waals surface area contributed by atoms with Crippen LogP contribution in [0.15, 0.2) is 109 Å². The highest BCUT2D eigenvalue weighted by Crippen LogP contribution is 2.39. The second-order valence-electron chi connectivity index (χ2n) is 9.92. The molecular formula is C32H43N3. The van der Waals surface area contributed by atoms with Crippen LogP contribution in [0.3, 0.4) is 0 Å². The summed E-state index contributed by atoms with van der Waals surface area (Å²) in [5.41, 5.74) is 4.90. The Bertz CT molecular complexity index is 1030. The van der Waals surface area contributed by atoms with Crippen LogP contribution in [0.25, 0.3) is 0 Å². The molecule has 5 atom stereocenters. The molecular weight excluding hydrogens is 426 g/mol. The zero-order valence-corrected chi connectivity index (χ0v) is 22.4. The lowest BCUT2D eigenvalue weighted by Gasteiger charge is -2.50. The van der Waals surface area contributed by atoms with E-state index in [9.17, 15) is 0 Å². The van der Waals surface area contributed by atoms with E-state index in [0.29, 0.717) is 23.9 Å². The Kier molecular flexibility index (Phi) is 9.17. The molecule has 0 bridgehead atoms. The van der Waals surface area contributed by atoms with Gasteiger partial charge in [-0.1, -0.05) is 107 Å². The molecule has 0 aromatic heterocycles. The van der Waals surface area contributed by atoms with Gasteiger partial charge in [0.1, 0.15) is 6.17 Å². The van der Waals surface area contributed by atoms with Gasteiger partial charge < -0.3 is 10.2 Å². The Labute approximate surface area is 213 Å². The van der Waals surface area contributed by atoms with Crippen LogP contribution in [-0.4, -0.2) is 36.2 Å². The third-order valence-electron chi connectivity index (χ3n) is 7.26. The van der Waals surface area contributed by atoms with Gasteiger partial charge in [0.25, 0.3) is 0 Å². The van der Waals surface area contributed by atoms with Crippen LogP contribution in [0.1, 0.15) is 34.6 Å². The quantitative estimate of drug-likeness (QED) is 0.357. The summed E-state index contributed by atoms with van der Waals surface area (Å²) >= 11 is 0. The minimum atomic E-state index is 0.0181. The highest BCUT2D eigenvalue weighted by atomic mass is 15.3. The summed E-state index contributed by atoms with van der Waals surface area (Å²) in [7, 11) is 2.23. The summed E-state index contributed by atoms with van der Waals surface area (Å²) in [4.78, 5) is 4.90. The Morgan fingerprint density at radius 1 is 1.06 bits per heavy atom. The summed E-state index contributed by atoms with van der Waals surface area (Å²) in [5, 5.41) is 3.75. The molecule has 0 saturated carbocycles. The number of fused-ring (bicyclic) bond motifs is 1. The fourth-order valence-corrected chi connectivity index (χ4v) is 5.16. The van der Waals surface area contributed by atoms with E-state index in [1.807, 2.05) is 18.2 Å². The van der Waals surface area contributed by atoms with Gasteiger partial charge in [-0.25, -0.2) is 0 Å². The molecule has 1 aromatic carbocycles. The Morgan fingerprint density at radius 2 is 1.80 bits per heavy atom. The molecule has 1 N–H and O–H groups in total. The monoisotopic (exact) mass is 469 g/mol. The van der Waals surface area contributed by atoms with Crippen molar-refractivity contribution >= 4 is 11.4 Å². The number of nitrogens with zero attached hydrogens (tertiary/aromatic N) is 2. The highest BCUT2D eigenvalue weighted by molar-refractivity contribution is 5.78. The largest absolute Gasteiger partial charge is 0.360 e. The first-order valence-corrected chi connectivity index (χ1v) is 12.8. The standard InChI is InChI=1S/C32H43N3/c1-9-12-14-19-29-25(7)31(34(29)8)22-27(23(4)5)21-26(11-3)32-33-28-18-15-16-20-30(28)35(32)24(6)17-13-10-2/h9-25,29,31-33H,2-3H2,1,4-8H3/b12-9-,17-13-,19-14-,26-21+,27-22?. The number of anilines is 2. The number of hydrogen-bond donors (Lipinski definition) is 1. The van der Waals surface area contributed by atoms with Crippen molar-refractivity contribution in [3.8, 4) is 0 Å². The van der Waals surface area contributed by atoms with Crippen molar-refractivity contribution in [3.05, 3.63) is 109 Å². The Hall–Kier alpha value is -3.04. The van der Waals surface area contributed by atoms with Crippen molar-refractivity contribution in [2.24, 2.45) is 11.8 Å². The number of benzene rings is 1. The molecule has 1 fully saturated rings. The fraction of sp³-hybridized carbons (Fsp3) is 0.375. The van der Waals surface area contributed by atoms with Gasteiger partial charge in [-0.2, -0.15) is 0 Å². The first-order valence-electron chi connectivity index (χ1n) is 12.8. The van der Waals surface area contributed by atoms with E-state index < -0.39 is 0 Å². The van der Waals surface area contributed by atoms with Crippen LogP contribution < -0.4 is 10.2 Å². The van der Waals surface area contributed by atoms with E-state index in [1.54, 1.807) is 0 Å². The summed E-state index contributed by atoms with van der Waals surface area (Å²) < 4.78 is 0. The third-order valence-corrected chi connectivity index (χ3v) is 7.26. The molecule has 2 aliphatic rings. The van der Waals surface area contributed by atoms with Crippen LogP contribution in [0, 0.1) is 11.8 Å².